The summed E-state index contributed by atoms with van der Waals surface area (Å²) in [5.74, 6) is 0.519. The molecule has 150 valence electrons. The Morgan fingerprint density at radius 1 is 1.21 bits per heavy atom. The summed E-state index contributed by atoms with van der Waals surface area (Å²) in [6, 6.07) is 8.50. The first-order chi connectivity index (χ1) is 13.9. The van der Waals surface area contributed by atoms with Gasteiger partial charge >= 0.3 is 0 Å². The van der Waals surface area contributed by atoms with Gasteiger partial charge < -0.3 is 10.2 Å². The van der Waals surface area contributed by atoms with Crippen LogP contribution in [0.15, 0.2) is 35.1 Å². The molecule has 1 N–H and O–H groups in total. The van der Waals surface area contributed by atoms with Crippen molar-refractivity contribution in [2.75, 3.05) is 11.9 Å². The summed E-state index contributed by atoms with van der Waals surface area (Å²) in [5, 5.41) is 8.17. The fourth-order valence-corrected chi connectivity index (χ4v) is 4.24. The highest BCUT2D eigenvalue weighted by molar-refractivity contribution is 7.15. The SMILES string of the molecule is Cc1nc(Nc2cccc([C@H]3CCCN3C(=O)c3ccc(=O)n(C)n3)n2)sc1C. The summed E-state index contributed by atoms with van der Waals surface area (Å²) in [7, 11) is 1.54. The molecule has 0 aromatic carbocycles. The lowest BCUT2D eigenvalue weighted by Gasteiger charge is -2.24. The number of pyridine rings is 1. The summed E-state index contributed by atoms with van der Waals surface area (Å²) < 4.78 is 1.18. The van der Waals surface area contributed by atoms with E-state index >= 15 is 0 Å². The third-order valence-electron chi connectivity index (χ3n) is 5.07. The lowest BCUT2D eigenvalue weighted by atomic mass is 10.1. The van der Waals surface area contributed by atoms with Crippen LogP contribution in [0.5, 0.6) is 0 Å². The molecule has 1 aliphatic rings. The summed E-state index contributed by atoms with van der Waals surface area (Å²) in [6.07, 6.45) is 1.73. The Kier molecular flexibility index (Phi) is 5.14. The molecule has 0 spiro atoms. The Hall–Kier alpha value is -3.07. The smallest absolute Gasteiger partial charge is 0.274 e. The van der Waals surface area contributed by atoms with Gasteiger partial charge in [0, 0.05) is 24.5 Å². The zero-order valence-electron chi connectivity index (χ0n) is 16.5. The average molecular weight is 411 g/mol. The largest absolute Gasteiger partial charge is 0.329 e. The van der Waals surface area contributed by atoms with E-state index in [9.17, 15) is 9.59 Å². The molecule has 0 unspecified atom stereocenters. The predicted octanol–water partition coefficient (Wildman–Crippen LogP) is 2.97. The van der Waals surface area contributed by atoms with Gasteiger partial charge in [-0.25, -0.2) is 14.6 Å². The number of likely N-dealkylation sites (tertiary alicyclic amines) is 1. The van der Waals surface area contributed by atoms with E-state index in [-0.39, 0.29) is 23.2 Å². The molecule has 1 fully saturated rings. The van der Waals surface area contributed by atoms with E-state index in [0.717, 1.165) is 29.4 Å². The number of carbonyl (C=O) groups is 1. The third-order valence-corrected chi connectivity index (χ3v) is 6.06. The number of carbonyl (C=O) groups excluding carboxylic acids is 1. The standard InChI is InChI=1S/C20H22N6O2S/c1-12-13(2)29-20(21-12)23-17-8-4-6-14(22-17)16-7-5-11-26(16)19(28)15-9-10-18(27)25(3)24-15/h4,6,8-10,16H,5,7,11H2,1-3H3,(H,21,22,23)/t16-/m1/s1. The van der Waals surface area contributed by atoms with Crippen LogP contribution in [0.1, 0.15) is 45.6 Å². The first-order valence-electron chi connectivity index (χ1n) is 9.46. The van der Waals surface area contributed by atoms with E-state index in [0.29, 0.717) is 12.4 Å². The molecule has 8 nitrogen and oxygen atoms in total. The maximum absolute atomic E-state index is 13.0. The summed E-state index contributed by atoms with van der Waals surface area (Å²) in [5.41, 5.74) is 1.86. The number of anilines is 2. The van der Waals surface area contributed by atoms with E-state index in [1.165, 1.54) is 21.7 Å². The summed E-state index contributed by atoms with van der Waals surface area (Å²) in [6.45, 7) is 4.66. The minimum Gasteiger partial charge on any atom is -0.329 e. The van der Waals surface area contributed by atoms with Gasteiger partial charge in [-0.3, -0.25) is 9.59 Å². The van der Waals surface area contributed by atoms with Gasteiger partial charge in [0.15, 0.2) is 5.13 Å². The lowest BCUT2D eigenvalue weighted by Crippen LogP contribution is -2.33. The van der Waals surface area contributed by atoms with Crippen molar-refractivity contribution in [3.05, 3.63) is 62.6 Å². The van der Waals surface area contributed by atoms with Gasteiger partial charge in [-0.15, -0.1) is 11.3 Å². The van der Waals surface area contributed by atoms with Gasteiger partial charge in [-0.05, 0) is 44.9 Å². The molecule has 3 aromatic rings. The predicted molar refractivity (Wildman–Crippen MR) is 112 cm³/mol. The number of nitrogens with zero attached hydrogens (tertiary/aromatic N) is 5. The molecule has 1 saturated heterocycles. The van der Waals surface area contributed by atoms with Crippen LogP contribution in [-0.2, 0) is 7.05 Å². The highest BCUT2D eigenvalue weighted by Crippen LogP contribution is 2.33. The van der Waals surface area contributed by atoms with Crippen LogP contribution in [-0.4, -0.2) is 37.1 Å². The summed E-state index contributed by atoms with van der Waals surface area (Å²) in [4.78, 5) is 36.8. The molecule has 4 rings (SSSR count). The number of nitrogens with one attached hydrogen (secondary N) is 1. The highest BCUT2D eigenvalue weighted by Gasteiger charge is 2.32. The van der Waals surface area contributed by atoms with Crippen LogP contribution in [0.2, 0.25) is 0 Å². The Morgan fingerprint density at radius 2 is 2.03 bits per heavy atom. The number of rotatable bonds is 4. The van der Waals surface area contributed by atoms with Crippen LogP contribution >= 0.6 is 11.3 Å². The fourth-order valence-electron chi connectivity index (χ4n) is 3.42. The molecule has 1 aliphatic heterocycles. The zero-order chi connectivity index (χ0) is 20.5. The van der Waals surface area contributed by atoms with Crippen LogP contribution in [0, 0.1) is 13.8 Å². The van der Waals surface area contributed by atoms with Crippen molar-refractivity contribution in [1.29, 1.82) is 0 Å². The molecular formula is C20H22N6O2S. The van der Waals surface area contributed by atoms with Gasteiger partial charge in [0.1, 0.15) is 11.5 Å². The normalized spacial score (nSPS) is 16.2. The average Bonchev–Trinajstić information content (AvgIpc) is 3.30. The molecule has 0 bridgehead atoms. The fraction of sp³-hybridized carbons (Fsp3) is 0.350. The Morgan fingerprint density at radius 3 is 2.76 bits per heavy atom. The molecule has 0 saturated carbocycles. The van der Waals surface area contributed by atoms with E-state index in [2.05, 4.69) is 15.4 Å². The maximum Gasteiger partial charge on any atom is 0.274 e. The molecule has 3 aromatic heterocycles. The molecular weight excluding hydrogens is 388 g/mol. The number of aromatic nitrogens is 4. The minimum absolute atomic E-state index is 0.122. The second-order valence-electron chi connectivity index (χ2n) is 7.07. The van der Waals surface area contributed by atoms with E-state index in [1.54, 1.807) is 23.3 Å². The Bertz CT molecular complexity index is 1100. The van der Waals surface area contributed by atoms with Gasteiger partial charge in [0.2, 0.25) is 0 Å². The summed E-state index contributed by atoms with van der Waals surface area (Å²) >= 11 is 1.59. The first kappa shape index (κ1) is 19.3. The van der Waals surface area contributed by atoms with Crippen molar-refractivity contribution < 1.29 is 4.79 Å². The molecule has 0 aliphatic carbocycles. The number of aryl methyl sites for hydroxylation is 3. The van der Waals surface area contributed by atoms with Crippen molar-refractivity contribution in [3.63, 3.8) is 0 Å². The molecule has 1 amide bonds. The zero-order valence-corrected chi connectivity index (χ0v) is 17.4. The van der Waals surface area contributed by atoms with Crippen molar-refractivity contribution in [2.24, 2.45) is 7.05 Å². The van der Waals surface area contributed by atoms with E-state index < -0.39 is 0 Å². The molecule has 0 radical (unpaired) electrons. The molecule has 1 atom stereocenters. The molecule has 4 heterocycles. The maximum atomic E-state index is 13.0. The first-order valence-corrected chi connectivity index (χ1v) is 10.3. The van der Waals surface area contributed by atoms with Crippen molar-refractivity contribution >= 4 is 28.2 Å². The quantitative estimate of drug-likeness (QED) is 0.711. The third kappa shape index (κ3) is 3.91. The van der Waals surface area contributed by atoms with Crippen LogP contribution in [0.25, 0.3) is 0 Å². The number of hydrogen-bond donors (Lipinski definition) is 1. The lowest BCUT2D eigenvalue weighted by molar-refractivity contribution is 0.0724. The monoisotopic (exact) mass is 410 g/mol. The van der Waals surface area contributed by atoms with Gasteiger partial charge in [-0.2, -0.15) is 5.10 Å². The van der Waals surface area contributed by atoms with Crippen molar-refractivity contribution in [2.45, 2.75) is 32.7 Å². The Balaban J connectivity index is 1.57. The number of hydrogen-bond acceptors (Lipinski definition) is 7. The van der Waals surface area contributed by atoms with E-state index in [1.807, 2.05) is 32.0 Å². The van der Waals surface area contributed by atoms with Crippen molar-refractivity contribution in [3.8, 4) is 0 Å². The van der Waals surface area contributed by atoms with Crippen LogP contribution < -0.4 is 10.9 Å². The van der Waals surface area contributed by atoms with Crippen LogP contribution in [0.4, 0.5) is 10.9 Å². The molecule has 29 heavy (non-hydrogen) atoms. The van der Waals surface area contributed by atoms with Gasteiger partial charge in [0.25, 0.3) is 11.5 Å². The van der Waals surface area contributed by atoms with Crippen molar-refractivity contribution in [1.82, 2.24) is 24.6 Å². The van der Waals surface area contributed by atoms with Crippen LogP contribution in [0.3, 0.4) is 0 Å². The topological polar surface area (TPSA) is 93.0 Å². The van der Waals surface area contributed by atoms with E-state index in [4.69, 9.17) is 4.98 Å². The van der Waals surface area contributed by atoms with Gasteiger partial charge in [0.05, 0.1) is 17.4 Å². The second kappa shape index (κ2) is 7.75. The number of amides is 1. The molecule has 9 heteroatoms. The highest BCUT2D eigenvalue weighted by atomic mass is 32.1. The Labute approximate surface area is 172 Å². The second-order valence-corrected chi connectivity index (χ2v) is 8.27. The van der Waals surface area contributed by atoms with Gasteiger partial charge in [-0.1, -0.05) is 6.07 Å². The minimum atomic E-state index is -0.243. The number of thiazole rings is 1.